The van der Waals surface area contributed by atoms with E-state index in [1.807, 2.05) is 13.8 Å². The highest BCUT2D eigenvalue weighted by Gasteiger charge is 2.77. The van der Waals surface area contributed by atoms with E-state index in [9.17, 15) is 19.5 Å². The minimum Gasteiger partial charge on any atom is -0.458 e. The Morgan fingerprint density at radius 2 is 1.67 bits per heavy atom. The Hall–Kier alpha value is -2.61. The Kier molecular flexibility index (Phi) is 7.97. The van der Waals surface area contributed by atoms with Crippen molar-refractivity contribution in [3.8, 4) is 0 Å². The van der Waals surface area contributed by atoms with E-state index < -0.39 is 70.0 Å². The first-order chi connectivity index (χ1) is 20.1. The van der Waals surface area contributed by atoms with Gasteiger partial charge in [-0.15, -0.1) is 0 Å². The van der Waals surface area contributed by atoms with Crippen molar-refractivity contribution < 1.29 is 43.0 Å². The van der Waals surface area contributed by atoms with Crippen molar-refractivity contribution in [2.45, 2.75) is 104 Å². The zero-order chi connectivity index (χ0) is 31.7. The van der Waals surface area contributed by atoms with Gasteiger partial charge in [-0.05, 0) is 63.2 Å². The van der Waals surface area contributed by atoms with Crippen LogP contribution in [0.15, 0.2) is 41.5 Å². The average molecular weight is 615 g/mol. The summed E-state index contributed by atoms with van der Waals surface area (Å²) in [4.78, 5) is 54.4. The molecule has 1 aromatic carbocycles. The monoisotopic (exact) mass is 614 g/mol. The van der Waals surface area contributed by atoms with Crippen LogP contribution in [0.2, 0.25) is 0 Å². The summed E-state index contributed by atoms with van der Waals surface area (Å²) in [6.45, 7) is 11.7. The standard InChI is InChI=1S/C33H43O9P/c1-17-16-33(38)28(40-29(37)21-11-9-8-10-12-21)26-31(7,23(42-43)15-22-13-14-32(22,26)41-20(4)35)27(36)25(39-19(3)34)24(18(17)2)30(33,5)6/h8-12,17,22-23,25-26,28,38H,13-16,43H2,1-7H3/t17-,22+,23-,25+,26?,28-,31+,32-,33+/m0/s1. The summed E-state index contributed by atoms with van der Waals surface area (Å²) < 4.78 is 24.5. The number of hydrogen-bond acceptors (Lipinski definition) is 9. The summed E-state index contributed by atoms with van der Waals surface area (Å²) in [5.41, 5.74) is -4.07. The smallest absolute Gasteiger partial charge is 0.338 e. The van der Waals surface area contributed by atoms with E-state index >= 15 is 4.79 Å². The molecule has 0 radical (unpaired) electrons. The van der Waals surface area contributed by atoms with Crippen molar-refractivity contribution in [2.24, 2.45) is 28.6 Å². The maximum Gasteiger partial charge on any atom is 0.338 e. The van der Waals surface area contributed by atoms with Crippen molar-refractivity contribution in [3.63, 3.8) is 0 Å². The van der Waals surface area contributed by atoms with Crippen LogP contribution in [0, 0.1) is 28.6 Å². The number of hydrogen-bond donors (Lipinski definition) is 1. The van der Waals surface area contributed by atoms with Gasteiger partial charge in [0.25, 0.3) is 0 Å². The molecule has 3 saturated carbocycles. The molecule has 0 aliphatic heterocycles. The molecule has 2 unspecified atom stereocenters. The number of carbonyl (C=O) groups excluding carboxylic acids is 4. The van der Waals surface area contributed by atoms with Crippen molar-refractivity contribution in [3.05, 3.63) is 47.0 Å². The van der Waals surface area contributed by atoms with E-state index in [1.54, 1.807) is 51.1 Å². The minimum absolute atomic E-state index is 0.197. The zero-order valence-corrected chi connectivity index (χ0v) is 27.1. The molecule has 4 aliphatic carbocycles. The molecule has 0 aromatic heterocycles. The van der Waals surface area contributed by atoms with Gasteiger partial charge in [-0.25, -0.2) is 4.79 Å². The number of esters is 3. The lowest BCUT2D eigenvalue weighted by atomic mass is 9.40. The van der Waals surface area contributed by atoms with Crippen LogP contribution in [0.3, 0.4) is 0 Å². The first-order valence-corrected chi connectivity index (χ1v) is 15.5. The molecule has 0 saturated heterocycles. The van der Waals surface area contributed by atoms with Gasteiger partial charge in [0.1, 0.15) is 17.3 Å². The summed E-state index contributed by atoms with van der Waals surface area (Å²) in [6, 6.07) is 8.48. The molecule has 2 bridgehead atoms. The highest BCUT2D eigenvalue weighted by atomic mass is 31.0. The molecule has 0 heterocycles. The van der Waals surface area contributed by atoms with Crippen molar-refractivity contribution >= 4 is 33.2 Å². The van der Waals surface area contributed by atoms with E-state index in [0.29, 0.717) is 24.8 Å². The summed E-state index contributed by atoms with van der Waals surface area (Å²) in [5.74, 6) is -3.74. The number of carbonyl (C=O) groups is 4. The Balaban J connectivity index is 1.86. The van der Waals surface area contributed by atoms with E-state index in [0.717, 1.165) is 5.57 Å². The van der Waals surface area contributed by atoms with Crippen molar-refractivity contribution in [1.29, 1.82) is 0 Å². The normalized spacial score (nSPS) is 39.7. The number of benzene rings is 1. The molecule has 10 atom stereocenters. The molecular weight excluding hydrogens is 571 g/mol. The Morgan fingerprint density at radius 3 is 2.21 bits per heavy atom. The van der Waals surface area contributed by atoms with Crippen LogP contribution in [0.25, 0.3) is 0 Å². The third-order valence-electron chi connectivity index (χ3n) is 11.3. The van der Waals surface area contributed by atoms with E-state index in [-0.39, 0.29) is 23.8 Å². The summed E-state index contributed by atoms with van der Waals surface area (Å²) in [6.07, 6.45) is -1.65. The van der Waals surface area contributed by atoms with Gasteiger partial charge in [0, 0.05) is 34.6 Å². The van der Waals surface area contributed by atoms with Gasteiger partial charge in [0.15, 0.2) is 11.9 Å². The van der Waals surface area contributed by atoms with Crippen LogP contribution in [0.1, 0.15) is 84.5 Å². The van der Waals surface area contributed by atoms with Gasteiger partial charge < -0.3 is 23.8 Å². The lowest BCUT2D eigenvalue weighted by molar-refractivity contribution is -0.292. The van der Waals surface area contributed by atoms with Gasteiger partial charge in [-0.3, -0.25) is 14.4 Å². The number of rotatable bonds is 5. The second-order valence-corrected chi connectivity index (χ2v) is 14.0. The lowest BCUT2D eigenvalue weighted by Crippen LogP contribution is -2.78. The van der Waals surface area contributed by atoms with Crippen molar-refractivity contribution in [1.82, 2.24) is 0 Å². The Labute approximate surface area is 255 Å². The molecular formula is C33H43O9P. The second-order valence-electron chi connectivity index (χ2n) is 13.7. The highest BCUT2D eigenvalue weighted by Crippen LogP contribution is 2.68. The number of ketones is 1. The SMILES string of the molecule is CC(=O)O[C@H]1C(=O)[C@@]2(C)C([C@H](OC(=O)c3ccccc3)[C@]3(O)C[C@H](C)C(C)=C1C3(C)C)[C@]1(OC(C)=O)CC[C@@H]1C[C@@H]2OP. The zero-order valence-electron chi connectivity index (χ0n) is 26.0. The number of fused-ring (bicyclic) bond motifs is 5. The second kappa shape index (κ2) is 10.8. The summed E-state index contributed by atoms with van der Waals surface area (Å²) >= 11 is 0. The van der Waals surface area contributed by atoms with Gasteiger partial charge in [0.05, 0.1) is 23.0 Å². The molecule has 3 fully saturated rings. The first kappa shape index (κ1) is 31.8. The fraction of sp³-hybridized carbons (Fsp3) is 0.636. The molecule has 9 nitrogen and oxygen atoms in total. The Morgan fingerprint density at radius 1 is 1.02 bits per heavy atom. The number of aliphatic hydroxyl groups is 1. The summed E-state index contributed by atoms with van der Waals surface area (Å²) in [7, 11) is 2.25. The molecule has 1 N–H and O–H groups in total. The molecule has 234 valence electrons. The highest BCUT2D eigenvalue weighted by molar-refractivity contribution is 7.09. The van der Waals surface area contributed by atoms with E-state index in [1.165, 1.54) is 13.8 Å². The summed E-state index contributed by atoms with van der Waals surface area (Å²) in [5, 5.41) is 13.2. The molecule has 1 aromatic rings. The third-order valence-corrected chi connectivity index (χ3v) is 11.6. The van der Waals surface area contributed by atoms with Gasteiger partial charge in [0.2, 0.25) is 0 Å². The van der Waals surface area contributed by atoms with Gasteiger partial charge in [-0.1, -0.05) is 44.5 Å². The fourth-order valence-corrected chi connectivity index (χ4v) is 9.27. The molecule has 4 aliphatic rings. The van der Waals surface area contributed by atoms with E-state index in [2.05, 4.69) is 9.47 Å². The number of allylic oxidation sites excluding steroid dienone is 1. The third kappa shape index (κ3) is 4.52. The molecule has 10 heteroatoms. The minimum atomic E-state index is -1.76. The molecule has 0 spiro atoms. The molecule has 5 rings (SSSR count). The predicted octanol–water partition coefficient (Wildman–Crippen LogP) is 4.75. The largest absolute Gasteiger partial charge is 0.458 e. The van der Waals surface area contributed by atoms with Crippen LogP contribution in [0.5, 0.6) is 0 Å². The quantitative estimate of drug-likeness (QED) is 0.216. The maximum absolute atomic E-state index is 15.1. The lowest BCUT2D eigenvalue weighted by Gasteiger charge is -2.68. The van der Waals surface area contributed by atoms with Crippen molar-refractivity contribution in [2.75, 3.05) is 0 Å². The van der Waals surface area contributed by atoms with E-state index in [4.69, 9.17) is 18.7 Å². The van der Waals surface area contributed by atoms with Crippen LogP contribution in [-0.4, -0.2) is 58.3 Å². The van der Waals surface area contributed by atoms with Crippen LogP contribution >= 0.6 is 9.47 Å². The maximum atomic E-state index is 15.1. The van der Waals surface area contributed by atoms with Gasteiger partial charge in [-0.2, -0.15) is 0 Å². The fourth-order valence-electron chi connectivity index (χ4n) is 8.88. The first-order valence-electron chi connectivity index (χ1n) is 15.0. The van der Waals surface area contributed by atoms with Crippen LogP contribution < -0.4 is 0 Å². The topological polar surface area (TPSA) is 125 Å². The molecule has 0 amide bonds. The number of ether oxygens (including phenoxy) is 3. The van der Waals surface area contributed by atoms with Gasteiger partial charge >= 0.3 is 17.9 Å². The number of Topliss-reactive ketones (excluding diaryl/α,β-unsaturated/α-hetero) is 1. The Bertz CT molecular complexity index is 1370. The molecule has 43 heavy (non-hydrogen) atoms. The average Bonchev–Trinajstić information content (AvgIpc) is 2.92. The predicted molar refractivity (Wildman–Crippen MR) is 159 cm³/mol. The van der Waals surface area contributed by atoms with Crippen LogP contribution in [0.4, 0.5) is 0 Å². The van der Waals surface area contributed by atoms with Crippen LogP contribution in [-0.2, 0) is 33.1 Å².